The van der Waals surface area contributed by atoms with Gasteiger partial charge < -0.3 is 15.1 Å². The van der Waals surface area contributed by atoms with Gasteiger partial charge in [0.1, 0.15) is 0 Å². The molecule has 0 radical (unpaired) electrons. The third-order valence-electron chi connectivity index (χ3n) is 5.81. The van der Waals surface area contributed by atoms with Gasteiger partial charge >= 0.3 is 6.03 Å². The predicted molar refractivity (Wildman–Crippen MR) is 111 cm³/mol. The lowest BCUT2D eigenvalue weighted by atomic mass is 9.97. The van der Waals surface area contributed by atoms with Crippen LogP contribution in [0.5, 0.6) is 0 Å². The molecule has 29 heavy (non-hydrogen) atoms. The minimum Gasteiger partial charge on any atom is -0.355 e. The minimum atomic E-state index is -0.109. The lowest BCUT2D eigenvalue weighted by molar-refractivity contribution is -0.126. The van der Waals surface area contributed by atoms with Crippen molar-refractivity contribution in [1.82, 2.24) is 24.9 Å². The van der Waals surface area contributed by atoms with Crippen LogP contribution < -0.4 is 5.32 Å². The highest BCUT2D eigenvalue weighted by Gasteiger charge is 2.31. The molecule has 2 fully saturated rings. The van der Waals surface area contributed by atoms with Gasteiger partial charge in [-0.3, -0.25) is 4.79 Å². The number of nitrogens with zero attached hydrogens (tertiary/aromatic N) is 4. The Morgan fingerprint density at radius 3 is 2.59 bits per heavy atom. The molecular weight excluding hydrogens is 366 g/mol. The molecule has 0 spiro atoms. The number of aromatic nitrogens is 2. The molecule has 7 nitrogen and oxygen atoms in total. The van der Waals surface area contributed by atoms with Crippen LogP contribution in [0.15, 0.2) is 42.7 Å². The number of carbonyl (C=O) groups excluding carboxylic acids is 2. The lowest BCUT2D eigenvalue weighted by Crippen LogP contribution is -2.49. The highest BCUT2D eigenvalue weighted by Crippen LogP contribution is 2.20. The van der Waals surface area contributed by atoms with E-state index in [-0.39, 0.29) is 17.9 Å². The van der Waals surface area contributed by atoms with Crippen molar-refractivity contribution in [2.24, 2.45) is 5.92 Å². The van der Waals surface area contributed by atoms with Crippen LogP contribution in [0.3, 0.4) is 0 Å². The van der Waals surface area contributed by atoms with E-state index in [1.54, 1.807) is 0 Å². The van der Waals surface area contributed by atoms with E-state index >= 15 is 0 Å². The van der Waals surface area contributed by atoms with Crippen molar-refractivity contribution in [2.45, 2.75) is 32.1 Å². The van der Waals surface area contributed by atoms with Gasteiger partial charge in [0.15, 0.2) is 0 Å². The van der Waals surface area contributed by atoms with Crippen molar-refractivity contribution in [1.29, 1.82) is 0 Å². The van der Waals surface area contributed by atoms with Crippen molar-refractivity contribution >= 4 is 11.9 Å². The van der Waals surface area contributed by atoms with Gasteiger partial charge in [-0.25, -0.2) is 9.48 Å². The summed E-state index contributed by atoms with van der Waals surface area (Å²) in [6.07, 6.45) is 8.49. The van der Waals surface area contributed by atoms with Crippen LogP contribution in [-0.2, 0) is 11.2 Å². The lowest BCUT2D eigenvalue weighted by Gasteiger charge is -2.34. The standard InChI is InChI=1S/C22H29N5O2/c28-21(19-7-6-14-26(17-19)22(29)25-12-4-5-13-25)23-11-10-18-15-24-27(16-18)20-8-2-1-3-9-20/h1-3,8-9,15-16,19H,4-7,10-14,17H2,(H,23,28)/t19-/m1/s1. The molecule has 0 aliphatic carbocycles. The predicted octanol–water partition coefficient (Wildman–Crippen LogP) is 2.46. The maximum atomic E-state index is 12.6. The van der Waals surface area contributed by atoms with Crippen molar-refractivity contribution in [3.63, 3.8) is 0 Å². The molecule has 1 aromatic heterocycles. The summed E-state index contributed by atoms with van der Waals surface area (Å²) in [5.74, 6) is -0.0540. The Kier molecular flexibility index (Phi) is 6.12. The molecule has 3 amide bonds. The smallest absolute Gasteiger partial charge is 0.320 e. The van der Waals surface area contributed by atoms with Crippen LogP contribution in [0, 0.1) is 5.92 Å². The largest absolute Gasteiger partial charge is 0.355 e. The van der Waals surface area contributed by atoms with Crippen LogP contribution in [0.25, 0.3) is 5.69 Å². The highest BCUT2D eigenvalue weighted by atomic mass is 16.2. The maximum Gasteiger partial charge on any atom is 0.320 e. The van der Waals surface area contributed by atoms with E-state index in [1.165, 1.54) is 0 Å². The minimum absolute atomic E-state index is 0.0550. The third kappa shape index (κ3) is 4.78. The molecule has 2 aliphatic heterocycles. The second-order valence-electron chi connectivity index (χ2n) is 7.93. The maximum absolute atomic E-state index is 12.6. The molecule has 1 aromatic carbocycles. The van der Waals surface area contributed by atoms with Gasteiger partial charge in [-0.2, -0.15) is 5.10 Å². The van der Waals surface area contributed by atoms with Gasteiger partial charge in [0.25, 0.3) is 0 Å². The SMILES string of the molecule is O=C(NCCc1cnn(-c2ccccc2)c1)[C@@H]1CCCN(C(=O)N2CCCC2)C1. The number of piperidine rings is 1. The van der Waals surface area contributed by atoms with E-state index in [1.807, 2.05) is 57.2 Å². The molecule has 1 N–H and O–H groups in total. The molecule has 2 aromatic rings. The Morgan fingerprint density at radius 1 is 1.03 bits per heavy atom. The summed E-state index contributed by atoms with van der Waals surface area (Å²) >= 11 is 0. The van der Waals surface area contributed by atoms with Gasteiger partial charge in [0, 0.05) is 38.9 Å². The molecule has 4 rings (SSSR count). The van der Waals surface area contributed by atoms with Gasteiger partial charge in [0.2, 0.25) is 5.91 Å². The van der Waals surface area contributed by atoms with Gasteiger partial charge in [-0.15, -0.1) is 0 Å². The molecule has 0 bridgehead atoms. The number of urea groups is 1. The molecule has 1 atom stereocenters. The van der Waals surface area contributed by atoms with E-state index in [0.29, 0.717) is 13.1 Å². The first kappa shape index (κ1) is 19.5. The molecule has 154 valence electrons. The number of amides is 3. The van der Waals surface area contributed by atoms with E-state index in [0.717, 1.165) is 63.0 Å². The highest BCUT2D eigenvalue weighted by molar-refractivity contribution is 5.81. The monoisotopic (exact) mass is 395 g/mol. The molecule has 2 saturated heterocycles. The average Bonchev–Trinajstić information content (AvgIpc) is 3.46. The quantitative estimate of drug-likeness (QED) is 0.845. The fraction of sp³-hybridized carbons (Fsp3) is 0.500. The summed E-state index contributed by atoms with van der Waals surface area (Å²) in [4.78, 5) is 29.0. The number of para-hydroxylation sites is 1. The van der Waals surface area contributed by atoms with Crippen molar-refractivity contribution in [3.05, 3.63) is 48.3 Å². The van der Waals surface area contributed by atoms with Crippen LogP contribution in [-0.4, -0.2) is 64.2 Å². The molecule has 7 heteroatoms. The van der Waals surface area contributed by atoms with E-state index in [4.69, 9.17) is 0 Å². The fourth-order valence-corrected chi connectivity index (χ4v) is 4.16. The number of hydrogen-bond donors (Lipinski definition) is 1. The van der Waals surface area contributed by atoms with Crippen LogP contribution in [0.1, 0.15) is 31.2 Å². The first-order chi connectivity index (χ1) is 14.2. The molecule has 3 heterocycles. The van der Waals surface area contributed by atoms with Crippen molar-refractivity contribution in [3.8, 4) is 5.69 Å². The van der Waals surface area contributed by atoms with Crippen LogP contribution in [0.2, 0.25) is 0 Å². The average molecular weight is 396 g/mol. The number of carbonyl (C=O) groups is 2. The van der Waals surface area contributed by atoms with E-state index in [9.17, 15) is 9.59 Å². The molecule has 0 saturated carbocycles. The molecular formula is C22H29N5O2. The molecule has 0 unspecified atom stereocenters. The number of benzene rings is 1. The van der Waals surface area contributed by atoms with Gasteiger partial charge in [-0.05, 0) is 49.8 Å². The Morgan fingerprint density at radius 2 is 1.79 bits per heavy atom. The first-order valence-electron chi connectivity index (χ1n) is 10.6. The third-order valence-corrected chi connectivity index (χ3v) is 5.81. The zero-order valence-corrected chi connectivity index (χ0v) is 16.8. The summed E-state index contributed by atoms with van der Waals surface area (Å²) in [5.41, 5.74) is 2.11. The Balaban J connectivity index is 1.24. The van der Waals surface area contributed by atoms with Gasteiger partial charge in [0.05, 0.1) is 17.8 Å². The number of hydrogen-bond acceptors (Lipinski definition) is 3. The summed E-state index contributed by atoms with van der Waals surface area (Å²) in [6, 6.07) is 10.1. The summed E-state index contributed by atoms with van der Waals surface area (Å²) in [7, 11) is 0. The van der Waals surface area contributed by atoms with Crippen molar-refractivity contribution < 1.29 is 9.59 Å². The Labute approximate surface area is 171 Å². The van der Waals surface area contributed by atoms with Crippen molar-refractivity contribution in [2.75, 3.05) is 32.7 Å². The second-order valence-corrected chi connectivity index (χ2v) is 7.93. The Bertz CT molecular complexity index is 829. The zero-order chi connectivity index (χ0) is 20.1. The second kappa shape index (κ2) is 9.11. The van der Waals surface area contributed by atoms with Crippen LogP contribution in [0.4, 0.5) is 4.79 Å². The molecule has 2 aliphatic rings. The number of rotatable bonds is 5. The summed E-state index contributed by atoms with van der Waals surface area (Å²) in [6.45, 7) is 3.58. The topological polar surface area (TPSA) is 70.5 Å². The van der Waals surface area contributed by atoms with E-state index in [2.05, 4.69) is 10.4 Å². The van der Waals surface area contributed by atoms with E-state index < -0.39 is 0 Å². The summed E-state index contributed by atoms with van der Waals surface area (Å²) < 4.78 is 1.85. The Hall–Kier alpha value is -2.83. The normalized spacial score (nSPS) is 19.4. The van der Waals surface area contributed by atoms with Crippen LogP contribution >= 0.6 is 0 Å². The first-order valence-corrected chi connectivity index (χ1v) is 10.6. The summed E-state index contributed by atoms with van der Waals surface area (Å²) in [5, 5.41) is 7.45. The fourth-order valence-electron chi connectivity index (χ4n) is 4.16. The number of nitrogens with one attached hydrogen (secondary N) is 1. The van der Waals surface area contributed by atoms with Gasteiger partial charge in [-0.1, -0.05) is 18.2 Å². The number of likely N-dealkylation sites (tertiary alicyclic amines) is 2. The zero-order valence-electron chi connectivity index (χ0n) is 16.8.